The number of piperidine rings is 1. The van der Waals surface area contributed by atoms with E-state index in [1.165, 1.54) is 6.08 Å². The molecule has 3 aromatic rings. The molecule has 1 atom stereocenters. The number of nitrogens with zero attached hydrogens (tertiary/aromatic N) is 5. The summed E-state index contributed by atoms with van der Waals surface area (Å²) in [6.07, 6.45) is 3.16. The first-order valence-corrected chi connectivity index (χ1v) is 11.8. The fourth-order valence-electron chi connectivity index (χ4n) is 4.37. The van der Waals surface area contributed by atoms with Crippen LogP contribution < -0.4 is 15.5 Å². The van der Waals surface area contributed by atoms with E-state index < -0.39 is 0 Å². The minimum atomic E-state index is -0.0661. The third-order valence-corrected chi connectivity index (χ3v) is 6.39. The summed E-state index contributed by atoms with van der Waals surface area (Å²) in [4.78, 5) is 25.4. The van der Waals surface area contributed by atoms with Crippen molar-refractivity contribution in [2.45, 2.75) is 18.9 Å². The molecule has 2 fully saturated rings. The first-order valence-electron chi connectivity index (χ1n) is 11.4. The van der Waals surface area contributed by atoms with Crippen LogP contribution in [0.25, 0.3) is 11.0 Å². The molecule has 5 rings (SSSR count). The van der Waals surface area contributed by atoms with Gasteiger partial charge in [-0.2, -0.15) is 15.1 Å². The van der Waals surface area contributed by atoms with Crippen LogP contribution in [0.4, 0.5) is 23.1 Å². The predicted molar refractivity (Wildman–Crippen MR) is 133 cm³/mol. The number of aromatic nitrogens is 4. The number of aromatic amines is 1. The molecule has 10 nitrogen and oxygen atoms in total. The molecule has 0 unspecified atom stereocenters. The minimum absolute atomic E-state index is 0.0300. The van der Waals surface area contributed by atoms with E-state index in [4.69, 9.17) is 21.3 Å². The number of anilines is 4. The van der Waals surface area contributed by atoms with Crippen molar-refractivity contribution in [3.8, 4) is 0 Å². The van der Waals surface area contributed by atoms with E-state index in [-0.39, 0.29) is 11.9 Å². The summed E-state index contributed by atoms with van der Waals surface area (Å²) < 4.78 is 5.43. The molecule has 2 saturated heterocycles. The maximum absolute atomic E-state index is 12.1. The van der Waals surface area contributed by atoms with E-state index in [2.05, 4.69) is 49.4 Å². The number of nitrogens with one attached hydrogen (secondary N) is 3. The quantitative estimate of drug-likeness (QED) is 0.459. The molecule has 0 saturated carbocycles. The van der Waals surface area contributed by atoms with Crippen LogP contribution in [0.2, 0.25) is 5.15 Å². The topological polar surface area (TPSA) is 111 Å². The average molecular weight is 483 g/mol. The lowest BCUT2D eigenvalue weighted by atomic mass is 10.1. The summed E-state index contributed by atoms with van der Waals surface area (Å²) >= 11 is 6.35. The molecule has 1 amide bonds. The van der Waals surface area contributed by atoms with Crippen LogP contribution in [-0.2, 0) is 9.53 Å². The van der Waals surface area contributed by atoms with Gasteiger partial charge in [0.05, 0.1) is 13.2 Å². The van der Waals surface area contributed by atoms with Crippen LogP contribution in [0.1, 0.15) is 12.8 Å². The van der Waals surface area contributed by atoms with Gasteiger partial charge in [-0.25, -0.2) is 0 Å². The number of benzene rings is 1. The predicted octanol–water partition coefficient (Wildman–Crippen LogP) is 3.18. The van der Waals surface area contributed by atoms with Gasteiger partial charge in [0.15, 0.2) is 5.65 Å². The van der Waals surface area contributed by atoms with Crippen molar-refractivity contribution in [1.29, 1.82) is 0 Å². The molecule has 2 aliphatic heterocycles. The zero-order valence-corrected chi connectivity index (χ0v) is 19.5. The lowest BCUT2D eigenvalue weighted by Gasteiger charge is -2.32. The zero-order valence-electron chi connectivity index (χ0n) is 18.8. The highest BCUT2D eigenvalue weighted by atomic mass is 35.5. The lowest BCUT2D eigenvalue weighted by Crippen LogP contribution is -2.44. The number of H-pyrrole nitrogens is 1. The Morgan fingerprint density at radius 1 is 1.21 bits per heavy atom. The third-order valence-electron chi connectivity index (χ3n) is 6.12. The molecule has 3 N–H and O–H groups in total. The number of hydrogen-bond donors (Lipinski definition) is 3. The zero-order chi connectivity index (χ0) is 23.5. The number of ether oxygens (including phenoxy) is 1. The Morgan fingerprint density at radius 2 is 2.00 bits per heavy atom. The van der Waals surface area contributed by atoms with Crippen LogP contribution in [0.5, 0.6) is 0 Å². The summed E-state index contributed by atoms with van der Waals surface area (Å²) in [5.41, 5.74) is 2.48. The van der Waals surface area contributed by atoms with Crippen LogP contribution in [0, 0.1) is 0 Å². The average Bonchev–Trinajstić information content (AvgIpc) is 3.25. The van der Waals surface area contributed by atoms with Crippen molar-refractivity contribution in [1.82, 2.24) is 25.1 Å². The Morgan fingerprint density at radius 3 is 2.76 bits per heavy atom. The monoisotopic (exact) mass is 482 g/mol. The van der Waals surface area contributed by atoms with Gasteiger partial charge in [0.2, 0.25) is 11.9 Å². The molecule has 34 heavy (non-hydrogen) atoms. The maximum atomic E-state index is 12.1. The normalized spacial score (nSPS) is 18.7. The van der Waals surface area contributed by atoms with Crippen LogP contribution in [0.3, 0.4) is 0 Å². The van der Waals surface area contributed by atoms with Gasteiger partial charge >= 0.3 is 0 Å². The number of likely N-dealkylation sites (tertiary alicyclic amines) is 1. The first kappa shape index (κ1) is 22.4. The highest BCUT2D eigenvalue weighted by molar-refractivity contribution is 6.35. The van der Waals surface area contributed by atoms with Crippen LogP contribution in [-0.4, -0.2) is 76.4 Å². The Bertz CT molecular complexity index is 1180. The van der Waals surface area contributed by atoms with Crippen molar-refractivity contribution in [2.75, 3.05) is 54.9 Å². The molecule has 4 heterocycles. The second-order valence-corrected chi connectivity index (χ2v) is 8.75. The van der Waals surface area contributed by atoms with Gasteiger partial charge in [-0.3, -0.25) is 9.89 Å². The number of carbonyl (C=O) groups excluding carboxylic acids is 1. The third kappa shape index (κ3) is 4.78. The smallest absolute Gasteiger partial charge is 0.246 e. The molecule has 0 bridgehead atoms. The van der Waals surface area contributed by atoms with Gasteiger partial charge in [0.1, 0.15) is 16.4 Å². The SMILES string of the molecule is C=CC(=O)N1CCC[C@@H](Nc2nc(Nc3ccc(N4CCOCC4)cc3)nc3n[nH]c(Cl)c23)C1. The molecular formula is C23H27ClN8O2. The van der Waals surface area contributed by atoms with Gasteiger partial charge < -0.3 is 25.2 Å². The van der Waals surface area contributed by atoms with E-state index in [0.29, 0.717) is 34.5 Å². The minimum Gasteiger partial charge on any atom is -0.378 e. The van der Waals surface area contributed by atoms with Gasteiger partial charge in [0.25, 0.3) is 0 Å². The number of carbonyl (C=O) groups is 1. The van der Waals surface area contributed by atoms with Gasteiger partial charge in [-0.1, -0.05) is 18.2 Å². The van der Waals surface area contributed by atoms with E-state index in [0.717, 1.165) is 57.1 Å². The van der Waals surface area contributed by atoms with Crippen molar-refractivity contribution < 1.29 is 9.53 Å². The number of morpholine rings is 1. The molecule has 0 radical (unpaired) electrons. The van der Waals surface area contributed by atoms with Crippen molar-refractivity contribution >= 4 is 51.7 Å². The van der Waals surface area contributed by atoms with Crippen molar-refractivity contribution in [3.05, 3.63) is 42.1 Å². The van der Waals surface area contributed by atoms with E-state index >= 15 is 0 Å². The highest BCUT2D eigenvalue weighted by Gasteiger charge is 2.24. The number of amides is 1. The fourth-order valence-corrected chi connectivity index (χ4v) is 4.59. The second-order valence-electron chi connectivity index (χ2n) is 8.38. The Labute approximate surface area is 202 Å². The van der Waals surface area contributed by atoms with E-state index in [1.54, 1.807) is 4.90 Å². The van der Waals surface area contributed by atoms with Gasteiger partial charge in [-0.05, 0) is 43.2 Å². The van der Waals surface area contributed by atoms with E-state index in [1.807, 2.05) is 12.1 Å². The number of rotatable bonds is 6. The maximum Gasteiger partial charge on any atom is 0.246 e. The molecule has 178 valence electrons. The highest BCUT2D eigenvalue weighted by Crippen LogP contribution is 2.30. The summed E-state index contributed by atoms with van der Waals surface area (Å²) in [5.74, 6) is 0.921. The van der Waals surface area contributed by atoms with Gasteiger partial charge in [-0.15, -0.1) is 0 Å². The van der Waals surface area contributed by atoms with Gasteiger partial charge in [0, 0.05) is 43.6 Å². The molecule has 1 aromatic carbocycles. The second kappa shape index (κ2) is 9.86. The molecule has 2 aliphatic rings. The molecule has 0 aliphatic carbocycles. The molecule has 0 spiro atoms. The Balaban J connectivity index is 1.35. The fraction of sp³-hybridized carbons (Fsp3) is 0.391. The number of hydrogen-bond acceptors (Lipinski definition) is 8. The Kier molecular flexibility index (Phi) is 6.50. The summed E-state index contributed by atoms with van der Waals surface area (Å²) in [5, 5.41) is 14.7. The molecule has 2 aromatic heterocycles. The van der Waals surface area contributed by atoms with Crippen LogP contribution in [0.15, 0.2) is 36.9 Å². The lowest BCUT2D eigenvalue weighted by molar-refractivity contribution is -0.127. The molecule has 11 heteroatoms. The van der Waals surface area contributed by atoms with Crippen LogP contribution >= 0.6 is 11.6 Å². The van der Waals surface area contributed by atoms with Crippen molar-refractivity contribution in [3.63, 3.8) is 0 Å². The summed E-state index contributed by atoms with van der Waals surface area (Å²) in [6, 6.07) is 8.18. The largest absolute Gasteiger partial charge is 0.378 e. The summed E-state index contributed by atoms with van der Waals surface area (Å²) in [7, 11) is 0. The summed E-state index contributed by atoms with van der Waals surface area (Å²) in [6.45, 7) is 8.15. The van der Waals surface area contributed by atoms with E-state index in [9.17, 15) is 4.79 Å². The Hall–Kier alpha value is -3.37. The first-order chi connectivity index (χ1) is 16.6. The number of halogens is 1. The number of fused-ring (bicyclic) bond motifs is 1. The standard InChI is InChI=1S/C23H27ClN8O2/c1-2-18(33)32-9-3-4-16(14-32)25-21-19-20(24)29-30-22(19)28-23(27-21)26-15-5-7-17(8-6-15)31-10-12-34-13-11-31/h2,5-8,16H,1,3-4,9-14H2,(H3,25,26,27,28,29,30)/t16-/m1/s1. The molecular weight excluding hydrogens is 456 g/mol. The van der Waals surface area contributed by atoms with Crippen molar-refractivity contribution in [2.24, 2.45) is 0 Å².